The van der Waals surface area contributed by atoms with Crippen LogP contribution < -0.4 is 4.74 Å². The first-order valence-corrected chi connectivity index (χ1v) is 4.77. The molecule has 0 aliphatic rings. The van der Waals surface area contributed by atoms with Gasteiger partial charge >= 0.3 is 18.1 Å². The van der Waals surface area contributed by atoms with Gasteiger partial charge < -0.3 is 19.7 Å². The van der Waals surface area contributed by atoms with Crippen molar-refractivity contribution in [3.05, 3.63) is 29.8 Å². The number of rotatable bonds is 4. The topological polar surface area (TPSA) is 110 Å². The smallest absolute Gasteiger partial charge is 0.480 e. The molecule has 0 aromatic heterocycles. The summed E-state index contributed by atoms with van der Waals surface area (Å²) in [5.41, 5.74) is 0.0761. The minimum Gasteiger partial charge on any atom is -0.480 e. The van der Waals surface area contributed by atoms with Crippen molar-refractivity contribution in [1.82, 2.24) is 0 Å². The lowest BCUT2D eigenvalue weighted by Crippen LogP contribution is -2.20. The monoisotopic (exact) mass is 254 g/mol. The number of hydrogen-bond acceptors (Lipinski definition) is 5. The van der Waals surface area contributed by atoms with Gasteiger partial charge in [-0.3, -0.25) is 9.59 Å². The highest BCUT2D eigenvalue weighted by Crippen LogP contribution is 2.20. The molecule has 18 heavy (non-hydrogen) atoms. The molecule has 7 nitrogen and oxygen atoms in total. The zero-order chi connectivity index (χ0) is 13.7. The number of benzene rings is 1. The summed E-state index contributed by atoms with van der Waals surface area (Å²) in [7, 11) is 1.14. The van der Waals surface area contributed by atoms with E-state index >= 15 is 0 Å². The molecule has 0 atom stereocenters. The predicted molar refractivity (Wildman–Crippen MR) is 57.5 cm³/mol. The molecule has 96 valence electrons. The quantitative estimate of drug-likeness (QED) is 0.470. The van der Waals surface area contributed by atoms with Gasteiger partial charge in [0.25, 0.3) is 0 Å². The summed E-state index contributed by atoms with van der Waals surface area (Å²) in [5.74, 6) is -4.47. The lowest BCUT2D eigenvalue weighted by atomic mass is 9.99. The number of carbonyl (C=O) groups is 3. The van der Waals surface area contributed by atoms with Gasteiger partial charge in [-0.25, -0.2) is 4.79 Å². The van der Waals surface area contributed by atoms with Gasteiger partial charge in [-0.15, -0.1) is 0 Å². The van der Waals surface area contributed by atoms with Crippen LogP contribution in [0.3, 0.4) is 0 Å². The van der Waals surface area contributed by atoms with Crippen LogP contribution in [0.15, 0.2) is 24.3 Å². The van der Waals surface area contributed by atoms with E-state index in [1.165, 1.54) is 24.3 Å². The fraction of sp³-hybridized carbons (Fsp3) is 0.182. The molecular weight excluding hydrogens is 244 g/mol. The van der Waals surface area contributed by atoms with Crippen molar-refractivity contribution >= 4 is 18.1 Å². The summed E-state index contributed by atoms with van der Waals surface area (Å²) in [6, 6.07) is 5.08. The maximum Gasteiger partial charge on any atom is 0.513 e. The Kier molecular flexibility index (Phi) is 4.25. The minimum absolute atomic E-state index is 0.0761. The van der Waals surface area contributed by atoms with E-state index in [0.29, 0.717) is 0 Å². The number of methoxy groups -OCH3 is 1. The Morgan fingerprint density at radius 3 is 1.94 bits per heavy atom. The summed E-state index contributed by atoms with van der Waals surface area (Å²) in [5, 5.41) is 17.5. The molecule has 1 rings (SSSR count). The first-order valence-electron chi connectivity index (χ1n) is 4.77. The first-order chi connectivity index (χ1) is 8.45. The normalized spacial score (nSPS) is 9.89. The summed E-state index contributed by atoms with van der Waals surface area (Å²) in [4.78, 5) is 32.3. The summed E-state index contributed by atoms with van der Waals surface area (Å²) >= 11 is 0. The summed E-state index contributed by atoms with van der Waals surface area (Å²) < 4.78 is 8.92. The van der Waals surface area contributed by atoms with Crippen molar-refractivity contribution in [3.8, 4) is 5.75 Å². The standard InChI is InChI=1S/C11H10O7/c1-17-11(16)18-7-4-2-6(3-5-7)8(9(12)13)10(14)15/h2-5,8H,1H3,(H,12,13)(H,14,15). The Bertz CT molecular complexity index is 449. The van der Waals surface area contributed by atoms with Crippen molar-refractivity contribution in [2.24, 2.45) is 0 Å². The second-order valence-corrected chi connectivity index (χ2v) is 3.23. The molecule has 0 radical (unpaired) electrons. The first kappa shape index (κ1) is 13.5. The molecule has 0 heterocycles. The Labute approximate surface area is 102 Å². The van der Waals surface area contributed by atoms with Gasteiger partial charge in [0.2, 0.25) is 0 Å². The van der Waals surface area contributed by atoms with Crippen LogP contribution in [0.1, 0.15) is 11.5 Å². The second-order valence-electron chi connectivity index (χ2n) is 3.23. The Hall–Kier alpha value is -2.57. The van der Waals surface area contributed by atoms with Crippen molar-refractivity contribution in [3.63, 3.8) is 0 Å². The van der Waals surface area contributed by atoms with Gasteiger partial charge in [-0.05, 0) is 17.7 Å². The van der Waals surface area contributed by atoms with Crippen LogP contribution in [-0.4, -0.2) is 35.4 Å². The van der Waals surface area contributed by atoms with Crippen LogP contribution in [0.25, 0.3) is 0 Å². The SMILES string of the molecule is COC(=O)Oc1ccc(C(C(=O)O)C(=O)O)cc1. The average Bonchev–Trinajstić information content (AvgIpc) is 2.30. The fourth-order valence-corrected chi connectivity index (χ4v) is 1.26. The minimum atomic E-state index is -1.66. The molecule has 2 N–H and O–H groups in total. The molecule has 0 saturated heterocycles. The third-order valence-corrected chi connectivity index (χ3v) is 2.08. The maximum atomic E-state index is 10.8. The van der Waals surface area contributed by atoms with E-state index in [0.717, 1.165) is 7.11 Å². The van der Waals surface area contributed by atoms with Gasteiger partial charge in [0.15, 0.2) is 5.92 Å². The number of carboxylic acids is 2. The van der Waals surface area contributed by atoms with E-state index in [1.807, 2.05) is 0 Å². The molecule has 0 unspecified atom stereocenters. The summed E-state index contributed by atoms with van der Waals surface area (Å²) in [6.45, 7) is 0. The van der Waals surface area contributed by atoms with Gasteiger partial charge in [0.05, 0.1) is 7.11 Å². The van der Waals surface area contributed by atoms with Crippen LogP contribution in [0.4, 0.5) is 4.79 Å². The lowest BCUT2D eigenvalue weighted by Gasteiger charge is -2.08. The number of ether oxygens (including phenoxy) is 2. The lowest BCUT2D eigenvalue weighted by molar-refractivity contribution is -0.150. The molecule has 0 saturated carbocycles. The van der Waals surface area contributed by atoms with Gasteiger partial charge in [0, 0.05) is 0 Å². The number of aliphatic carboxylic acids is 2. The van der Waals surface area contributed by atoms with Gasteiger partial charge in [-0.2, -0.15) is 0 Å². The molecule has 1 aromatic rings. The average molecular weight is 254 g/mol. The van der Waals surface area contributed by atoms with E-state index in [4.69, 9.17) is 10.2 Å². The van der Waals surface area contributed by atoms with Gasteiger partial charge in [0.1, 0.15) is 5.75 Å². The second kappa shape index (κ2) is 5.67. The highest BCUT2D eigenvalue weighted by molar-refractivity contribution is 5.99. The van der Waals surface area contributed by atoms with Crippen molar-refractivity contribution in [2.75, 3.05) is 7.11 Å². The number of carbonyl (C=O) groups excluding carboxylic acids is 1. The number of hydrogen-bond donors (Lipinski definition) is 2. The van der Waals surface area contributed by atoms with Crippen LogP contribution in [0.5, 0.6) is 5.75 Å². The van der Waals surface area contributed by atoms with E-state index in [2.05, 4.69) is 9.47 Å². The molecule has 1 aromatic carbocycles. The highest BCUT2D eigenvalue weighted by atomic mass is 16.7. The third kappa shape index (κ3) is 3.21. The third-order valence-electron chi connectivity index (χ3n) is 2.08. The van der Waals surface area contributed by atoms with E-state index in [-0.39, 0.29) is 11.3 Å². The van der Waals surface area contributed by atoms with Crippen LogP contribution >= 0.6 is 0 Å². The van der Waals surface area contributed by atoms with Crippen molar-refractivity contribution in [1.29, 1.82) is 0 Å². The zero-order valence-corrected chi connectivity index (χ0v) is 9.32. The molecule has 0 amide bonds. The molecule has 0 aliphatic heterocycles. The Morgan fingerprint density at radius 2 is 1.56 bits per heavy atom. The van der Waals surface area contributed by atoms with Crippen LogP contribution in [0, 0.1) is 0 Å². The molecule has 0 aliphatic carbocycles. The van der Waals surface area contributed by atoms with E-state index in [1.54, 1.807) is 0 Å². The largest absolute Gasteiger partial charge is 0.513 e. The van der Waals surface area contributed by atoms with Crippen molar-refractivity contribution < 1.29 is 34.1 Å². The Morgan fingerprint density at radius 1 is 1.06 bits per heavy atom. The zero-order valence-electron chi connectivity index (χ0n) is 9.32. The van der Waals surface area contributed by atoms with Crippen LogP contribution in [0.2, 0.25) is 0 Å². The fourth-order valence-electron chi connectivity index (χ4n) is 1.26. The van der Waals surface area contributed by atoms with Gasteiger partial charge in [-0.1, -0.05) is 12.1 Å². The Balaban J connectivity index is 2.90. The van der Waals surface area contributed by atoms with E-state index in [9.17, 15) is 14.4 Å². The van der Waals surface area contributed by atoms with Crippen molar-refractivity contribution in [2.45, 2.75) is 5.92 Å². The highest BCUT2D eigenvalue weighted by Gasteiger charge is 2.27. The maximum absolute atomic E-state index is 10.8. The number of carboxylic acid groups (broad SMARTS) is 2. The summed E-state index contributed by atoms with van der Waals surface area (Å²) in [6.07, 6.45) is -0.921. The molecular formula is C11H10O7. The molecule has 0 bridgehead atoms. The molecule has 0 fully saturated rings. The molecule has 7 heteroatoms. The predicted octanol–water partition coefficient (Wildman–Crippen LogP) is 1.08. The van der Waals surface area contributed by atoms with E-state index < -0.39 is 24.0 Å². The van der Waals surface area contributed by atoms with Crippen LogP contribution in [-0.2, 0) is 14.3 Å². The molecule has 0 spiro atoms.